The zero-order valence-corrected chi connectivity index (χ0v) is 11.9. The van der Waals surface area contributed by atoms with Crippen LogP contribution in [0.25, 0.3) is 0 Å². The third-order valence-corrected chi connectivity index (χ3v) is 4.70. The Kier molecular flexibility index (Phi) is 4.99. The van der Waals surface area contributed by atoms with Crippen molar-refractivity contribution in [3.63, 3.8) is 0 Å². The third kappa shape index (κ3) is 4.07. The van der Waals surface area contributed by atoms with E-state index in [0.29, 0.717) is 6.04 Å². The van der Waals surface area contributed by atoms with Crippen LogP contribution in [0.2, 0.25) is 0 Å². The highest BCUT2D eigenvalue weighted by atomic mass is 32.1. The van der Waals surface area contributed by atoms with Crippen LogP contribution in [0.15, 0.2) is 5.38 Å². The van der Waals surface area contributed by atoms with Gasteiger partial charge in [-0.05, 0) is 32.6 Å². The maximum atomic E-state index is 4.50. The van der Waals surface area contributed by atoms with Crippen LogP contribution in [0.4, 0.5) is 0 Å². The normalized spacial score (nSPS) is 20.1. The molecule has 1 aliphatic carbocycles. The van der Waals surface area contributed by atoms with Crippen molar-refractivity contribution in [3.8, 4) is 0 Å². The molecule has 1 aromatic heterocycles. The first-order valence-electron chi connectivity index (χ1n) is 6.90. The lowest BCUT2D eigenvalue weighted by molar-refractivity contribution is 0.336. The number of hydrogen-bond acceptors (Lipinski definition) is 3. The largest absolute Gasteiger partial charge is 0.308 e. The second-order valence-corrected chi connectivity index (χ2v) is 6.34. The van der Waals surface area contributed by atoms with Gasteiger partial charge < -0.3 is 5.32 Å². The predicted octanol–water partition coefficient (Wildman–Crippen LogP) is 3.90. The molecule has 0 bridgehead atoms. The van der Waals surface area contributed by atoms with Crippen molar-refractivity contribution in [2.45, 2.75) is 65.0 Å². The molecule has 2 rings (SSSR count). The summed E-state index contributed by atoms with van der Waals surface area (Å²) in [6, 6.07) is 0.634. The van der Waals surface area contributed by atoms with Gasteiger partial charge in [0, 0.05) is 18.0 Å². The SMILES string of the molecule is Cc1nc(CN[C@@H](C)C2CCCCCC2)cs1. The van der Waals surface area contributed by atoms with Gasteiger partial charge in [0.05, 0.1) is 10.7 Å². The lowest BCUT2D eigenvalue weighted by Crippen LogP contribution is -2.33. The Hall–Kier alpha value is -0.410. The van der Waals surface area contributed by atoms with E-state index in [1.54, 1.807) is 11.3 Å². The van der Waals surface area contributed by atoms with Crippen LogP contribution < -0.4 is 5.32 Å². The molecule has 0 unspecified atom stereocenters. The van der Waals surface area contributed by atoms with Gasteiger partial charge in [-0.3, -0.25) is 0 Å². The fourth-order valence-electron chi connectivity index (χ4n) is 2.73. The van der Waals surface area contributed by atoms with E-state index in [1.807, 2.05) is 0 Å². The van der Waals surface area contributed by atoms with Crippen molar-refractivity contribution in [2.24, 2.45) is 5.92 Å². The minimum atomic E-state index is 0.634. The van der Waals surface area contributed by atoms with Crippen molar-refractivity contribution in [1.29, 1.82) is 0 Å². The van der Waals surface area contributed by atoms with Crippen LogP contribution in [0.5, 0.6) is 0 Å². The Labute approximate surface area is 109 Å². The number of thiazole rings is 1. The van der Waals surface area contributed by atoms with Gasteiger partial charge in [-0.25, -0.2) is 4.98 Å². The quantitative estimate of drug-likeness (QED) is 0.822. The molecule has 3 heteroatoms. The fourth-order valence-corrected chi connectivity index (χ4v) is 3.35. The maximum absolute atomic E-state index is 4.50. The predicted molar refractivity (Wildman–Crippen MR) is 74.3 cm³/mol. The average molecular weight is 252 g/mol. The molecule has 17 heavy (non-hydrogen) atoms. The highest BCUT2D eigenvalue weighted by Gasteiger charge is 2.18. The fraction of sp³-hybridized carbons (Fsp3) is 0.786. The lowest BCUT2D eigenvalue weighted by atomic mass is 9.93. The number of rotatable bonds is 4. The molecule has 1 heterocycles. The van der Waals surface area contributed by atoms with Crippen LogP contribution in [0.3, 0.4) is 0 Å². The number of hydrogen-bond donors (Lipinski definition) is 1. The monoisotopic (exact) mass is 252 g/mol. The molecule has 0 spiro atoms. The second-order valence-electron chi connectivity index (χ2n) is 5.28. The van der Waals surface area contributed by atoms with Gasteiger partial charge in [-0.1, -0.05) is 25.7 Å². The van der Waals surface area contributed by atoms with E-state index < -0.39 is 0 Å². The highest BCUT2D eigenvalue weighted by Crippen LogP contribution is 2.25. The van der Waals surface area contributed by atoms with Gasteiger partial charge in [0.15, 0.2) is 0 Å². The Balaban J connectivity index is 1.77. The van der Waals surface area contributed by atoms with Crippen LogP contribution in [-0.2, 0) is 6.54 Å². The van der Waals surface area contributed by atoms with Crippen LogP contribution >= 0.6 is 11.3 Å². The van der Waals surface area contributed by atoms with E-state index in [4.69, 9.17) is 0 Å². The first-order valence-corrected chi connectivity index (χ1v) is 7.78. The summed E-state index contributed by atoms with van der Waals surface area (Å²) >= 11 is 1.74. The molecule has 0 saturated heterocycles. The molecule has 1 aliphatic rings. The second kappa shape index (κ2) is 6.50. The zero-order valence-electron chi connectivity index (χ0n) is 11.0. The summed E-state index contributed by atoms with van der Waals surface area (Å²) < 4.78 is 0. The molecule has 96 valence electrons. The van der Waals surface area contributed by atoms with Gasteiger partial charge in [-0.2, -0.15) is 0 Å². The molecule has 2 nitrogen and oxygen atoms in total. The number of aromatic nitrogens is 1. The van der Waals surface area contributed by atoms with Crippen molar-refractivity contribution >= 4 is 11.3 Å². The van der Waals surface area contributed by atoms with Gasteiger partial charge in [0.2, 0.25) is 0 Å². The molecule has 1 N–H and O–H groups in total. The van der Waals surface area contributed by atoms with Gasteiger partial charge in [0.1, 0.15) is 0 Å². The van der Waals surface area contributed by atoms with E-state index in [0.717, 1.165) is 12.5 Å². The molecule has 0 amide bonds. The molecule has 1 fully saturated rings. The minimum Gasteiger partial charge on any atom is -0.308 e. The van der Waals surface area contributed by atoms with E-state index in [2.05, 4.69) is 29.5 Å². The van der Waals surface area contributed by atoms with Crippen LogP contribution in [-0.4, -0.2) is 11.0 Å². The van der Waals surface area contributed by atoms with Crippen molar-refractivity contribution < 1.29 is 0 Å². The Morgan fingerprint density at radius 2 is 2.06 bits per heavy atom. The Morgan fingerprint density at radius 1 is 1.35 bits per heavy atom. The lowest BCUT2D eigenvalue weighted by Gasteiger charge is -2.23. The molecular weight excluding hydrogens is 228 g/mol. The minimum absolute atomic E-state index is 0.634. The van der Waals surface area contributed by atoms with E-state index >= 15 is 0 Å². The summed E-state index contributed by atoms with van der Waals surface area (Å²) in [6.07, 6.45) is 8.54. The van der Waals surface area contributed by atoms with Crippen molar-refractivity contribution in [1.82, 2.24) is 10.3 Å². The zero-order chi connectivity index (χ0) is 12.1. The van der Waals surface area contributed by atoms with Crippen LogP contribution in [0.1, 0.15) is 56.2 Å². The Bertz CT molecular complexity index is 327. The van der Waals surface area contributed by atoms with E-state index in [-0.39, 0.29) is 0 Å². The maximum Gasteiger partial charge on any atom is 0.0897 e. The number of aryl methyl sites for hydroxylation is 1. The van der Waals surface area contributed by atoms with E-state index in [1.165, 1.54) is 49.2 Å². The first-order chi connectivity index (χ1) is 8.25. The van der Waals surface area contributed by atoms with Crippen molar-refractivity contribution in [3.05, 3.63) is 16.1 Å². The standard InChI is InChI=1S/C14H24N2S/c1-11(13-7-5-3-4-6-8-13)15-9-14-10-17-12(2)16-14/h10-11,13,15H,3-9H2,1-2H3/t11-/m0/s1. The molecule has 0 aliphatic heterocycles. The summed E-state index contributed by atoms with van der Waals surface area (Å²) in [4.78, 5) is 4.50. The van der Waals surface area contributed by atoms with Gasteiger partial charge in [-0.15, -0.1) is 11.3 Å². The number of nitrogens with zero attached hydrogens (tertiary/aromatic N) is 1. The van der Waals surface area contributed by atoms with E-state index in [9.17, 15) is 0 Å². The molecule has 1 atom stereocenters. The first kappa shape index (κ1) is 13.0. The molecule has 1 saturated carbocycles. The number of nitrogens with one attached hydrogen (secondary N) is 1. The smallest absolute Gasteiger partial charge is 0.0897 e. The highest BCUT2D eigenvalue weighted by molar-refractivity contribution is 7.09. The summed E-state index contributed by atoms with van der Waals surface area (Å²) in [5.74, 6) is 0.872. The van der Waals surface area contributed by atoms with Crippen molar-refractivity contribution in [2.75, 3.05) is 0 Å². The molecule has 0 radical (unpaired) electrons. The summed E-state index contributed by atoms with van der Waals surface area (Å²) in [7, 11) is 0. The molecular formula is C14H24N2S. The average Bonchev–Trinajstić information content (AvgIpc) is 2.58. The van der Waals surface area contributed by atoms with Gasteiger partial charge >= 0.3 is 0 Å². The molecule has 0 aromatic carbocycles. The molecule has 1 aromatic rings. The summed E-state index contributed by atoms with van der Waals surface area (Å²) in [6.45, 7) is 5.35. The van der Waals surface area contributed by atoms with Gasteiger partial charge in [0.25, 0.3) is 0 Å². The summed E-state index contributed by atoms with van der Waals surface area (Å²) in [5.41, 5.74) is 1.20. The third-order valence-electron chi connectivity index (χ3n) is 3.88. The Morgan fingerprint density at radius 3 is 2.65 bits per heavy atom. The summed E-state index contributed by atoms with van der Waals surface area (Å²) in [5, 5.41) is 6.99. The topological polar surface area (TPSA) is 24.9 Å². The van der Waals surface area contributed by atoms with Crippen LogP contribution in [0, 0.1) is 12.8 Å².